The maximum atomic E-state index is 10.7. The number of aliphatic hydroxyl groups is 1. The number of hydrogen-bond donors (Lipinski definition) is 2. The molecule has 1 unspecified atom stereocenters. The van der Waals surface area contributed by atoms with Gasteiger partial charge in [0.1, 0.15) is 0 Å². The zero-order valence-corrected chi connectivity index (χ0v) is 11.0. The van der Waals surface area contributed by atoms with Gasteiger partial charge in [0.05, 0.1) is 24.9 Å². The molecule has 1 saturated carbocycles. The van der Waals surface area contributed by atoms with Gasteiger partial charge in [0.15, 0.2) is 5.79 Å². The Bertz CT molecular complexity index is 393. The van der Waals surface area contributed by atoms with Crippen LogP contribution in [0.4, 0.5) is 0 Å². The highest BCUT2D eigenvalue weighted by atomic mass is 32.1. The van der Waals surface area contributed by atoms with Crippen molar-refractivity contribution in [3.8, 4) is 0 Å². The first-order chi connectivity index (χ1) is 8.64. The molecule has 2 fully saturated rings. The standard InChI is InChI=1S/C12H18N2O3S/c13-10(9-1-6-14-18-9)11(15)2-4-12(5-3-11)16-7-8-17-12/h1,6,10,15H,2-5,7-8,13H2. The molecule has 1 spiro atoms. The van der Waals surface area contributed by atoms with Crippen molar-refractivity contribution >= 4 is 11.5 Å². The van der Waals surface area contributed by atoms with Crippen LogP contribution >= 0.6 is 11.5 Å². The molecule has 1 aromatic heterocycles. The van der Waals surface area contributed by atoms with Crippen LogP contribution in [0.1, 0.15) is 36.6 Å². The van der Waals surface area contributed by atoms with Gasteiger partial charge < -0.3 is 20.3 Å². The second-order valence-corrected chi connectivity index (χ2v) is 5.97. The maximum absolute atomic E-state index is 10.7. The van der Waals surface area contributed by atoms with Crippen molar-refractivity contribution < 1.29 is 14.6 Å². The second-order valence-electron chi connectivity index (χ2n) is 5.10. The van der Waals surface area contributed by atoms with Crippen molar-refractivity contribution in [1.29, 1.82) is 0 Å². The Morgan fingerprint density at radius 1 is 1.28 bits per heavy atom. The van der Waals surface area contributed by atoms with Crippen molar-refractivity contribution in [1.82, 2.24) is 4.37 Å². The van der Waals surface area contributed by atoms with Crippen LogP contribution in [0.2, 0.25) is 0 Å². The summed E-state index contributed by atoms with van der Waals surface area (Å²) >= 11 is 1.35. The maximum Gasteiger partial charge on any atom is 0.168 e. The third kappa shape index (κ3) is 2.08. The summed E-state index contributed by atoms with van der Waals surface area (Å²) in [5, 5.41) is 10.7. The van der Waals surface area contributed by atoms with Gasteiger partial charge in [0.25, 0.3) is 0 Å². The van der Waals surface area contributed by atoms with Crippen LogP contribution in [0, 0.1) is 0 Å². The number of aromatic nitrogens is 1. The highest BCUT2D eigenvalue weighted by Crippen LogP contribution is 2.44. The van der Waals surface area contributed by atoms with Gasteiger partial charge in [-0.1, -0.05) is 0 Å². The number of nitrogens with zero attached hydrogens (tertiary/aromatic N) is 1. The highest BCUT2D eigenvalue weighted by molar-refractivity contribution is 7.05. The first kappa shape index (κ1) is 12.5. The minimum atomic E-state index is -0.868. The fourth-order valence-corrected chi connectivity index (χ4v) is 3.51. The van der Waals surface area contributed by atoms with E-state index < -0.39 is 11.4 Å². The molecular weight excluding hydrogens is 252 g/mol. The Morgan fingerprint density at radius 2 is 1.94 bits per heavy atom. The minimum absolute atomic E-state index is 0.372. The molecule has 18 heavy (non-hydrogen) atoms. The average molecular weight is 270 g/mol. The van der Waals surface area contributed by atoms with Gasteiger partial charge in [-0.15, -0.1) is 0 Å². The lowest BCUT2D eigenvalue weighted by molar-refractivity contribution is -0.205. The van der Waals surface area contributed by atoms with Crippen molar-refractivity contribution in [2.45, 2.75) is 43.1 Å². The summed E-state index contributed by atoms with van der Waals surface area (Å²) in [5.41, 5.74) is 5.31. The van der Waals surface area contributed by atoms with Gasteiger partial charge >= 0.3 is 0 Å². The van der Waals surface area contributed by atoms with E-state index in [4.69, 9.17) is 15.2 Å². The molecule has 0 amide bonds. The van der Waals surface area contributed by atoms with E-state index in [-0.39, 0.29) is 6.04 Å². The molecule has 3 rings (SSSR count). The summed E-state index contributed by atoms with van der Waals surface area (Å²) < 4.78 is 15.4. The van der Waals surface area contributed by atoms with Crippen LogP contribution in [0.3, 0.4) is 0 Å². The monoisotopic (exact) mass is 270 g/mol. The quantitative estimate of drug-likeness (QED) is 0.844. The topological polar surface area (TPSA) is 77.6 Å². The molecule has 1 aliphatic heterocycles. The molecule has 5 nitrogen and oxygen atoms in total. The summed E-state index contributed by atoms with van der Waals surface area (Å²) in [7, 11) is 0. The smallest absolute Gasteiger partial charge is 0.168 e. The van der Waals surface area contributed by atoms with E-state index in [0.29, 0.717) is 38.9 Å². The zero-order chi connectivity index (χ0) is 12.6. The Hall–Kier alpha value is -0.530. The van der Waals surface area contributed by atoms with Gasteiger partial charge in [-0.3, -0.25) is 0 Å². The predicted molar refractivity (Wildman–Crippen MR) is 67.1 cm³/mol. The largest absolute Gasteiger partial charge is 0.388 e. The number of ether oxygens (including phenoxy) is 2. The third-order valence-electron chi connectivity index (χ3n) is 4.03. The van der Waals surface area contributed by atoms with Gasteiger partial charge in [-0.25, -0.2) is 4.37 Å². The van der Waals surface area contributed by atoms with Gasteiger partial charge in [-0.2, -0.15) is 0 Å². The van der Waals surface area contributed by atoms with Gasteiger partial charge in [0, 0.05) is 23.9 Å². The van der Waals surface area contributed by atoms with Crippen LogP contribution in [-0.2, 0) is 9.47 Å². The molecule has 1 atom stereocenters. The molecule has 2 heterocycles. The SMILES string of the molecule is NC(c1ccns1)C1(O)CCC2(CC1)OCCO2. The summed E-state index contributed by atoms with van der Waals surface area (Å²) in [6, 6.07) is 1.50. The molecule has 0 bridgehead atoms. The van der Waals surface area contributed by atoms with Crippen molar-refractivity contribution in [3.63, 3.8) is 0 Å². The fourth-order valence-electron chi connectivity index (χ4n) is 2.81. The molecule has 6 heteroatoms. The Balaban J connectivity index is 1.70. The highest BCUT2D eigenvalue weighted by Gasteiger charge is 2.48. The Kier molecular flexibility index (Phi) is 3.15. The normalized spacial score (nSPS) is 27.4. The predicted octanol–water partition coefficient (Wildman–Crippen LogP) is 1.19. The third-order valence-corrected chi connectivity index (χ3v) is 4.86. The Labute approximate surface area is 110 Å². The van der Waals surface area contributed by atoms with Gasteiger partial charge in [-0.05, 0) is 30.4 Å². The molecule has 100 valence electrons. The van der Waals surface area contributed by atoms with E-state index in [1.54, 1.807) is 6.20 Å². The lowest BCUT2D eigenvalue weighted by atomic mass is 9.76. The number of hydrogen-bond acceptors (Lipinski definition) is 6. The van der Waals surface area contributed by atoms with Crippen LogP contribution < -0.4 is 5.73 Å². The first-order valence-electron chi connectivity index (χ1n) is 6.30. The molecule has 2 aliphatic rings. The molecule has 3 N–H and O–H groups in total. The van der Waals surface area contributed by atoms with Crippen molar-refractivity contribution in [2.24, 2.45) is 5.73 Å². The minimum Gasteiger partial charge on any atom is -0.388 e. The summed E-state index contributed by atoms with van der Waals surface area (Å²) in [6.07, 6.45) is 4.33. The van der Waals surface area contributed by atoms with Crippen molar-refractivity contribution in [2.75, 3.05) is 13.2 Å². The molecule has 1 saturated heterocycles. The zero-order valence-electron chi connectivity index (χ0n) is 10.2. The van der Waals surface area contributed by atoms with Crippen LogP contribution in [0.25, 0.3) is 0 Å². The summed E-state index contributed by atoms with van der Waals surface area (Å²) in [4.78, 5) is 0.932. The van der Waals surface area contributed by atoms with E-state index in [2.05, 4.69) is 4.37 Å². The first-order valence-corrected chi connectivity index (χ1v) is 7.07. The molecule has 0 radical (unpaired) electrons. The average Bonchev–Trinajstić information content (AvgIpc) is 3.05. The molecule has 1 aliphatic carbocycles. The van der Waals surface area contributed by atoms with Crippen molar-refractivity contribution in [3.05, 3.63) is 17.1 Å². The summed E-state index contributed by atoms with van der Waals surface area (Å²) in [5.74, 6) is -0.459. The lowest BCUT2D eigenvalue weighted by Gasteiger charge is -2.43. The van der Waals surface area contributed by atoms with E-state index in [1.807, 2.05) is 6.07 Å². The number of rotatable bonds is 2. The fraction of sp³-hybridized carbons (Fsp3) is 0.750. The van der Waals surface area contributed by atoms with E-state index >= 15 is 0 Å². The van der Waals surface area contributed by atoms with E-state index in [0.717, 1.165) is 4.88 Å². The molecule has 1 aromatic rings. The number of nitrogens with two attached hydrogens (primary N) is 1. The van der Waals surface area contributed by atoms with E-state index in [1.165, 1.54) is 11.5 Å². The van der Waals surface area contributed by atoms with Crippen LogP contribution in [-0.4, -0.2) is 34.1 Å². The molecule has 0 aromatic carbocycles. The Morgan fingerprint density at radius 3 is 2.50 bits per heavy atom. The van der Waals surface area contributed by atoms with Gasteiger partial charge in [0.2, 0.25) is 0 Å². The van der Waals surface area contributed by atoms with E-state index in [9.17, 15) is 5.11 Å². The van der Waals surface area contributed by atoms with Crippen LogP contribution in [0.5, 0.6) is 0 Å². The lowest BCUT2D eigenvalue weighted by Crippen LogP contribution is -2.49. The summed E-state index contributed by atoms with van der Waals surface area (Å²) in [6.45, 7) is 1.30. The molecular formula is C12H18N2O3S. The second kappa shape index (κ2) is 4.54. The van der Waals surface area contributed by atoms with Crippen LogP contribution in [0.15, 0.2) is 12.3 Å².